The van der Waals surface area contributed by atoms with E-state index in [2.05, 4.69) is 10.3 Å². The Bertz CT molecular complexity index is 414. The van der Waals surface area contributed by atoms with Crippen LogP contribution in [0.4, 0.5) is 5.69 Å². The standard InChI is InChI=1S/C11H15N3O3/c1-6(2)9(10(12)15)14-7-3-4-8(11(16)17)13-5-7/h3-6,9,14H,1-2H3,(H2,12,15)(H,16,17). The first-order chi connectivity index (χ1) is 7.91. The van der Waals surface area contributed by atoms with Gasteiger partial charge in [0.15, 0.2) is 0 Å². The summed E-state index contributed by atoms with van der Waals surface area (Å²) in [6.45, 7) is 3.73. The first-order valence-corrected chi connectivity index (χ1v) is 5.17. The van der Waals surface area contributed by atoms with Crippen LogP contribution in [0.5, 0.6) is 0 Å². The van der Waals surface area contributed by atoms with E-state index >= 15 is 0 Å². The van der Waals surface area contributed by atoms with Gasteiger partial charge in [0.05, 0.1) is 11.9 Å². The summed E-state index contributed by atoms with van der Waals surface area (Å²) in [7, 11) is 0. The summed E-state index contributed by atoms with van der Waals surface area (Å²) < 4.78 is 0. The Morgan fingerprint density at radius 2 is 2.06 bits per heavy atom. The SMILES string of the molecule is CC(C)C(Nc1ccc(C(=O)O)nc1)C(N)=O. The fourth-order valence-corrected chi connectivity index (χ4v) is 1.35. The molecule has 4 N–H and O–H groups in total. The zero-order chi connectivity index (χ0) is 13.0. The highest BCUT2D eigenvalue weighted by molar-refractivity contribution is 5.86. The number of primary amides is 1. The second-order valence-corrected chi connectivity index (χ2v) is 4.01. The van der Waals surface area contributed by atoms with Gasteiger partial charge in [-0.3, -0.25) is 4.79 Å². The molecule has 0 radical (unpaired) electrons. The number of nitrogens with two attached hydrogens (primary N) is 1. The van der Waals surface area contributed by atoms with E-state index in [0.29, 0.717) is 5.69 Å². The zero-order valence-electron chi connectivity index (χ0n) is 9.68. The van der Waals surface area contributed by atoms with E-state index in [1.54, 1.807) is 6.07 Å². The lowest BCUT2D eigenvalue weighted by molar-refractivity contribution is -0.119. The van der Waals surface area contributed by atoms with Gasteiger partial charge in [0.1, 0.15) is 11.7 Å². The largest absolute Gasteiger partial charge is 0.477 e. The quantitative estimate of drug-likeness (QED) is 0.699. The van der Waals surface area contributed by atoms with Crippen LogP contribution < -0.4 is 11.1 Å². The summed E-state index contributed by atoms with van der Waals surface area (Å²) in [6, 6.07) is 2.41. The maximum absolute atomic E-state index is 11.2. The van der Waals surface area contributed by atoms with Gasteiger partial charge in [-0.05, 0) is 18.1 Å². The Morgan fingerprint density at radius 3 is 2.41 bits per heavy atom. The number of nitrogens with one attached hydrogen (secondary N) is 1. The third-order valence-corrected chi connectivity index (χ3v) is 2.28. The van der Waals surface area contributed by atoms with Crippen molar-refractivity contribution in [3.05, 3.63) is 24.0 Å². The van der Waals surface area contributed by atoms with Crippen molar-refractivity contribution in [3.63, 3.8) is 0 Å². The van der Waals surface area contributed by atoms with Crippen LogP contribution in [0.25, 0.3) is 0 Å². The Labute approximate surface area is 98.8 Å². The number of amides is 1. The van der Waals surface area contributed by atoms with Gasteiger partial charge >= 0.3 is 5.97 Å². The summed E-state index contributed by atoms with van der Waals surface area (Å²) in [5.74, 6) is -1.51. The van der Waals surface area contributed by atoms with E-state index < -0.39 is 17.9 Å². The molecule has 0 saturated heterocycles. The number of carboxylic acids is 1. The van der Waals surface area contributed by atoms with E-state index in [0.717, 1.165) is 0 Å². The van der Waals surface area contributed by atoms with Crippen molar-refractivity contribution in [3.8, 4) is 0 Å². The maximum atomic E-state index is 11.2. The number of hydrogen-bond acceptors (Lipinski definition) is 4. The summed E-state index contributed by atoms with van der Waals surface area (Å²) in [6.07, 6.45) is 1.36. The number of pyridine rings is 1. The number of anilines is 1. The zero-order valence-corrected chi connectivity index (χ0v) is 9.68. The predicted octanol–water partition coefficient (Wildman–Crippen LogP) is 0.702. The Hall–Kier alpha value is -2.11. The van der Waals surface area contributed by atoms with Gasteiger partial charge in [0, 0.05) is 0 Å². The molecule has 0 aliphatic carbocycles. The lowest BCUT2D eigenvalue weighted by Crippen LogP contribution is -2.39. The van der Waals surface area contributed by atoms with E-state index in [9.17, 15) is 9.59 Å². The van der Waals surface area contributed by atoms with Crippen LogP contribution >= 0.6 is 0 Å². The van der Waals surface area contributed by atoms with Crippen molar-refractivity contribution < 1.29 is 14.7 Å². The van der Waals surface area contributed by atoms with Crippen LogP contribution in [0.1, 0.15) is 24.3 Å². The second kappa shape index (κ2) is 5.29. The van der Waals surface area contributed by atoms with Gasteiger partial charge in [-0.15, -0.1) is 0 Å². The van der Waals surface area contributed by atoms with Gasteiger partial charge in [-0.25, -0.2) is 9.78 Å². The fourth-order valence-electron chi connectivity index (χ4n) is 1.35. The van der Waals surface area contributed by atoms with E-state index in [-0.39, 0.29) is 11.6 Å². The molecule has 1 amide bonds. The van der Waals surface area contributed by atoms with Crippen molar-refractivity contribution in [2.24, 2.45) is 11.7 Å². The number of aromatic nitrogens is 1. The van der Waals surface area contributed by atoms with E-state index in [4.69, 9.17) is 10.8 Å². The van der Waals surface area contributed by atoms with Gasteiger partial charge in [0.25, 0.3) is 0 Å². The average molecular weight is 237 g/mol. The van der Waals surface area contributed by atoms with Crippen molar-refractivity contribution in [2.75, 3.05) is 5.32 Å². The molecule has 6 heteroatoms. The molecule has 0 bridgehead atoms. The number of aromatic carboxylic acids is 1. The molecule has 0 fully saturated rings. The molecule has 0 aromatic carbocycles. The fraction of sp³-hybridized carbons (Fsp3) is 0.364. The minimum Gasteiger partial charge on any atom is -0.477 e. The first kappa shape index (κ1) is 13.0. The molecule has 1 heterocycles. The van der Waals surface area contributed by atoms with Gasteiger partial charge in [-0.1, -0.05) is 13.8 Å². The molecule has 0 spiro atoms. The number of carbonyl (C=O) groups is 2. The third-order valence-electron chi connectivity index (χ3n) is 2.28. The molecule has 1 unspecified atom stereocenters. The molecule has 0 aliphatic rings. The van der Waals surface area contributed by atoms with Crippen molar-refractivity contribution in [1.82, 2.24) is 4.98 Å². The topological polar surface area (TPSA) is 105 Å². The minimum absolute atomic E-state index is 0.0339. The van der Waals surface area contributed by atoms with E-state index in [1.165, 1.54) is 12.3 Å². The van der Waals surface area contributed by atoms with Crippen LogP contribution in [0.2, 0.25) is 0 Å². The number of carboxylic acid groups (broad SMARTS) is 1. The third kappa shape index (κ3) is 3.44. The van der Waals surface area contributed by atoms with Crippen LogP contribution in [-0.2, 0) is 4.79 Å². The first-order valence-electron chi connectivity index (χ1n) is 5.17. The van der Waals surface area contributed by atoms with Gasteiger partial charge in [0.2, 0.25) is 5.91 Å². The number of carbonyl (C=O) groups excluding carboxylic acids is 1. The molecular formula is C11H15N3O3. The van der Waals surface area contributed by atoms with Crippen molar-refractivity contribution in [1.29, 1.82) is 0 Å². The number of rotatable bonds is 5. The lowest BCUT2D eigenvalue weighted by atomic mass is 10.0. The average Bonchev–Trinajstić information content (AvgIpc) is 2.25. The highest BCUT2D eigenvalue weighted by atomic mass is 16.4. The molecule has 0 aliphatic heterocycles. The highest BCUT2D eigenvalue weighted by Gasteiger charge is 2.19. The minimum atomic E-state index is -1.09. The molecule has 1 aromatic rings. The lowest BCUT2D eigenvalue weighted by Gasteiger charge is -2.19. The molecule has 1 atom stereocenters. The normalized spacial score (nSPS) is 12.2. The van der Waals surface area contributed by atoms with Crippen molar-refractivity contribution in [2.45, 2.75) is 19.9 Å². The number of hydrogen-bond donors (Lipinski definition) is 3. The molecule has 6 nitrogen and oxygen atoms in total. The predicted molar refractivity (Wildman–Crippen MR) is 62.6 cm³/mol. The maximum Gasteiger partial charge on any atom is 0.354 e. The molecule has 1 aromatic heterocycles. The highest BCUT2D eigenvalue weighted by Crippen LogP contribution is 2.12. The Morgan fingerprint density at radius 1 is 1.41 bits per heavy atom. The van der Waals surface area contributed by atoms with Gasteiger partial charge in [-0.2, -0.15) is 0 Å². The van der Waals surface area contributed by atoms with Crippen LogP contribution in [0.3, 0.4) is 0 Å². The summed E-state index contributed by atoms with van der Waals surface area (Å²) in [4.78, 5) is 25.5. The van der Waals surface area contributed by atoms with Crippen LogP contribution in [-0.4, -0.2) is 28.0 Å². The Kier molecular flexibility index (Phi) is 4.03. The van der Waals surface area contributed by atoms with Crippen molar-refractivity contribution >= 4 is 17.6 Å². The smallest absolute Gasteiger partial charge is 0.354 e. The van der Waals surface area contributed by atoms with E-state index in [1.807, 2.05) is 13.8 Å². The summed E-state index contributed by atoms with van der Waals surface area (Å²) in [5, 5.41) is 11.6. The Balaban J connectivity index is 2.80. The second-order valence-electron chi connectivity index (χ2n) is 4.01. The molecular weight excluding hydrogens is 222 g/mol. The van der Waals surface area contributed by atoms with Crippen LogP contribution in [0.15, 0.2) is 18.3 Å². The molecule has 17 heavy (non-hydrogen) atoms. The van der Waals surface area contributed by atoms with Crippen LogP contribution in [0, 0.1) is 5.92 Å². The monoisotopic (exact) mass is 237 g/mol. The summed E-state index contributed by atoms with van der Waals surface area (Å²) >= 11 is 0. The van der Waals surface area contributed by atoms with Gasteiger partial charge < -0.3 is 16.2 Å². The molecule has 92 valence electrons. The summed E-state index contributed by atoms with van der Waals surface area (Å²) in [5.41, 5.74) is 5.76. The molecule has 0 saturated carbocycles. The molecule has 1 rings (SSSR count). The number of nitrogens with zero attached hydrogens (tertiary/aromatic N) is 1.